The third-order valence-corrected chi connectivity index (χ3v) is 1.94. The molecule has 0 atom stereocenters. The summed E-state index contributed by atoms with van der Waals surface area (Å²) in [5, 5.41) is 7.77. The van der Waals surface area contributed by atoms with Gasteiger partial charge >= 0.3 is 0 Å². The van der Waals surface area contributed by atoms with Crippen molar-refractivity contribution in [3.63, 3.8) is 0 Å². The van der Waals surface area contributed by atoms with E-state index in [2.05, 4.69) is 10.2 Å². The van der Waals surface area contributed by atoms with E-state index >= 15 is 0 Å². The highest BCUT2D eigenvalue weighted by molar-refractivity contribution is 5.25. The summed E-state index contributed by atoms with van der Waals surface area (Å²) in [4.78, 5) is 0. The van der Waals surface area contributed by atoms with Crippen molar-refractivity contribution in [2.45, 2.75) is 19.3 Å². The molecule has 0 bridgehead atoms. The average Bonchev–Trinajstić information content (AvgIpc) is 2.78. The Balaban J connectivity index is 2.06. The second-order valence-electron chi connectivity index (χ2n) is 3.10. The summed E-state index contributed by atoms with van der Waals surface area (Å²) in [5.74, 6) is 1.37. The molecule has 2 rings (SSSR count). The molecular formula is C8H11N3. The SMILES string of the molecule is Nc1ccc(CC2CC2)nn1. The van der Waals surface area contributed by atoms with Crippen molar-refractivity contribution < 1.29 is 0 Å². The lowest BCUT2D eigenvalue weighted by Crippen LogP contribution is -1.97. The molecule has 0 aliphatic heterocycles. The smallest absolute Gasteiger partial charge is 0.146 e. The van der Waals surface area contributed by atoms with Crippen molar-refractivity contribution in [3.8, 4) is 0 Å². The molecule has 1 saturated carbocycles. The van der Waals surface area contributed by atoms with Crippen molar-refractivity contribution in [1.82, 2.24) is 10.2 Å². The molecule has 3 nitrogen and oxygen atoms in total. The second kappa shape index (κ2) is 2.49. The summed E-state index contributed by atoms with van der Waals surface area (Å²) in [5.41, 5.74) is 6.47. The zero-order valence-corrected chi connectivity index (χ0v) is 6.33. The van der Waals surface area contributed by atoms with Gasteiger partial charge in [0.05, 0.1) is 5.69 Å². The topological polar surface area (TPSA) is 51.8 Å². The number of nitrogens with zero attached hydrogens (tertiary/aromatic N) is 2. The predicted molar refractivity (Wildman–Crippen MR) is 42.9 cm³/mol. The lowest BCUT2D eigenvalue weighted by Gasteiger charge is -1.95. The van der Waals surface area contributed by atoms with Crippen molar-refractivity contribution in [2.24, 2.45) is 5.92 Å². The molecule has 1 aromatic heterocycles. The maximum Gasteiger partial charge on any atom is 0.146 e. The Morgan fingerprint density at radius 1 is 1.36 bits per heavy atom. The van der Waals surface area contributed by atoms with E-state index in [1.165, 1.54) is 12.8 Å². The summed E-state index contributed by atoms with van der Waals surface area (Å²) in [7, 11) is 0. The fourth-order valence-corrected chi connectivity index (χ4v) is 1.10. The fourth-order valence-electron chi connectivity index (χ4n) is 1.10. The molecule has 58 valence electrons. The maximum atomic E-state index is 5.40. The van der Waals surface area contributed by atoms with Crippen molar-refractivity contribution >= 4 is 5.82 Å². The lowest BCUT2D eigenvalue weighted by molar-refractivity contribution is 0.780. The van der Waals surface area contributed by atoms with Crippen molar-refractivity contribution in [3.05, 3.63) is 17.8 Å². The van der Waals surface area contributed by atoms with Crippen LogP contribution in [0.4, 0.5) is 5.82 Å². The van der Waals surface area contributed by atoms with Gasteiger partial charge in [-0.15, -0.1) is 5.10 Å². The summed E-state index contributed by atoms with van der Waals surface area (Å²) < 4.78 is 0. The standard InChI is InChI=1S/C8H11N3/c9-8-4-3-7(10-11-8)5-6-1-2-6/h3-4,6H,1-2,5H2,(H2,9,11). The van der Waals surface area contributed by atoms with Crippen LogP contribution in [0.1, 0.15) is 18.5 Å². The van der Waals surface area contributed by atoms with E-state index < -0.39 is 0 Å². The van der Waals surface area contributed by atoms with Crippen LogP contribution < -0.4 is 5.73 Å². The minimum Gasteiger partial charge on any atom is -0.382 e. The van der Waals surface area contributed by atoms with Gasteiger partial charge in [0.2, 0.25) is 0 Å². The quantitative estimate of drug-likeness (QED) is 0.682. The molecule has 1 aliphatic rings. The molecule has 1 fully saturated rings. The first-order chi connectivity index (χ1) is 5.34. The Hall–Kier alpha value is -1.12. The molecule has 1 aliphatic carbocycles. The molecule has 0 radical (unpaired) electrons. The van der Waals surface area contributed by atoms with E-state index in [4.69, 9.17) is 5.73 Å². The zero-order valence-electron chi connectivity index (χ0n) is 6.33. The third kappa shape index (κ3) is 1.67. The van der Waals surface area contributed by atoms with Gasteiger partial charge in [0, 0.05) is 0 Å². The van der Waals surface area contributed by atoms with E-state index in [9.17, 15) is 0 Å². The molecule has 1 heterocycles. The van der Waals surface area contributed by atoms with Crippen molar-refractivity contribution in [2.75, 3.05) is 5.73 Å². The zero-order chi connectivity index (χ0) is 7.68. The molecule has 0 aromatic carbocycles. The first-order valence-corrected chi connectivity index (χ1v) is 3.92. The molecule has 11 heavy (non-hydrogen) atoms. The molecule has 0 amide bonds. The molecular weight excluding hydrogens is 138 g/mol. The van der Waals surface area contributed by atoms with Gasteiger partial charge in [-0.2, -0.15) is 5.10 Å². The first-order valence-electron chi connectivity index (χ1n) is 3.92. The van der Waals surface area contributed by atoms with Gasteiger partial charge < -0.3 is 5.73 Å². The van der Waals surface area contributed by atoms with Gasteiger partial charge in [-0.25, -0.2) is 0 Å². The second-order valence-corrected chi connectivity index (χ2v) is 3.10. The number of anilines is 1. The van der Waals surface area contributed by atoms with E-state index in [0.717, 1.165) is 18.0 Å². The van der Waals surface area contributed by atoms with E-state index in [1.807, 2.05) is 12.1 Å². The Morgan fingerprint density at radius 2 is 2.18 bits per heavy atom. The number of rotatable bonds is 2. The summed E-state index contributed by atoms with van der Waals surface area (Å²) in [6, 6.07) is 3.77. The van der Waals surface area contributed by atoms with Crippen LogP contribution in [0.5, 0.6) is 0 Å². The van der Waals surface area contributed by atoms with E-state index in [1.54, 1.807) is 0 Å². The Morgan fingerprint density at radius 3 is 2.73 bits per heavy atom. The van der Waals surface area contributed by atoms with Crippen LogP contribution >= 0.6 is 0 Å². The number of aromatic nitrogens is 2. The van der Waals surface area contributed by atoms with Crippen LogP contribution in [-0.4, -0.2) is 10.2 Å². The monoisotopic (exact) mass is 149 g/mol. The summed E-state index contributed by atoms with van der Waals surface area (Å²) >= 11 is 0. The largest absolute Gasteiger partial charge is 0.382 e. The average molecular weight is 149 g/mol. The van der Waals surface area contributed by atoms with Gasteiger partial charge in [-0.1, -0.05) is 0 Å². The highest BCUT2D eigenvalue weighted by Crippen LogP contribution is 2.31. The number of nitrogens with two attached hydrogens (primary N) is 1. The number of hydrogen-bond donors (Lipinski definition) is 1. The molecule has 1 aromatic rings. The third-order valence-electron chi connectivity index (χ3n) is 1.94. The predicted octanol–water partition coefficient (Wildman–Crippen LogP) is 1.01. The highest BCUT2D eigenvalue weighted by atomic mass is 15.1. The van der Waals surface area contributed by atoms with Crippen molar-refractivity contribution in [1.29, 1.82) is 0 Å². The minimum atomic E-state index is 0.504. The molecule has 0 saturated heterocycles. The van der Waals surface area contributed by atoms with Crippen LogP contribution in [0.3, 0.4) is 0 Å². The van der Waals surface area contributed by atoms with Gasteiger partial charge in [-0.3, -0.25) is 0 Å². The number of nitrogen functional groups attached to an aromatic ring is 1. The van der Waals surface area contributed by atoms with Crippen LogP contribution in [0.25, 0.3) is 0 Å². The van der Waals surface area contributed by atoms with Gasteiger partial charge in [0.25, 0.3) is 0 Å². The van der Waals surface area contributed by atoms with Crippen LogP contribution in [0, 0.1) is 5.92 Å². The van der Waals surface area contributed by atoms with Gasteiger partial charge in [-0.05, 0) is 37.3 Å². The molecule has 0 spiro atoms. The van der Waals surface area contributed by atoms with Crippen LogP contribution in [-0.2, 0) is 6.42 Å². The molecule has 3 heteroatoms. The highest BCUT2D eigenvalue weighted by Gasteiger charge is 2.21. The normalized spacial score (nSPS) is 16.7. The first kappa shape index (κ1) is 6.58. The fraction of sp³-hybridized carbons (Fsp3) is 0.500. The lowest BCUT2D eigenvalue weighted by atomic mass is 10.2. The van der Waals surface area contributed by atoms with E-state index in [0.29, 0.717) is 5.82 Å². The summed E-state index contributed by atoms with van der Waals surface area (Å²) in [6.07, 6.45) is 3.78. The Bertz CT molecular complexity index is 238. The van der Waals surface area contributed by atoms with Gasteiger partial charge in [0.15, 0.2) is 0 Å². The Labute approximate surface area is 65.6 Å². The number of hydrogen-bond acceptors (Lipinski definition) is 3. The maximum absolute atomic E-state index is 5.40. The van der Waals surface area contributed by atoms with Crippen LogP contribution in [0.15, 0.2) is 12.1 Å². The minimum absolute atomic E-state index is 0.504. The molecule has 0 unspecified atom stereocenters. The summed E-state index contributed by atoms with van der Waals surface area (Å²) in [6.45, 7) is 0. The molecule has 2 N–H and O–H groups in total. The van der Waals surface area contributed by atoms with Crippen LogP contribution in [0.2, 0.25) is 0 Å². The van der Waals surface area contributed by atoms with Gasteiger partial charge in [0.1, 0.15) is 5.82 Å². The Kier molecular flexibility index (Phi) is 1.49. The van der Waals surface area contributed by atoms with E-state index in [-0.39, 0.29) is 0 Å².